The number of benzene rings is 2. The predicted molar refractivity (Wildman–Crippen MR) is 115 cm³/mol. The largest absolute Gasteiger partial charge is 0.504 e. The van der Waals surface area contributed by atoms with Crippen LogP contribution >= 0.6 is 11.8 Å². The van der Waals surface area contributed by atoms with Gasteiger partial charge in [0.1, 0.15) is 0 Å². The molecule has 2 N–H and O–H groups in total. The van der Waals surface area contributed by atoms with E-state index in [1.807, 2.05) is 6.26 Å². The number of rotatable bonds is 7. The van der Waals surface area contributed by atoms with E-state index in [0.717, 1.165) is 0 Å². The Kier molecular flexibility index (Phi) is 6.63. The number of methoxy groups -OCH3 is 3. The zero-order valence-electron chi connectivity index (χ0n) is 16.9. The first-order valence-electron chi connectivity index (χ1n) is 8.82. The number of hydrogen-bond donors (Lipinski definition) is 2. The van der Waals surface area contributed by atoms with Crippen LogP contribution in [0, 0.1) is 0 Å². The zero-order chi connectivity index (χ0) is 21.7. The minimum atomic E-state index is -0.403. The number of aromatic nitrogens is 2. The summed E-state index contributed by atoms with van der Waals surface area (Å²) in [6.07, 6.45) is 3.31. The molecule has 0 aliphatic carbocycles. The summed E-state index contributed by atoms with van der Waals surface area (Å²) in [5.41, 5.74) is 1.73. The average Bonchev–Trinajstić information content (AvgIpc) is 2.78. The standard InChI is InChI=1S/C21H21N3O5S/c1-27-16-7-5-12(9-15(16)25)19-14(11-22-21(24-19)30-4)20(26)23-13-6-8-17(28-2)18(10-13)29-3/h5-11,25H,1-4H3,(H,23,26). The van der Waals surface area contributed by atoms with Gasteiger partial charge >= 0.3 is 0 Å². The van der Waals surface area contributed by atoms with Crippen LogP contribution in [0.5, 0.6) is 23.0 Å². The fourth-order valence-electron chi connectivity index (χ4n) is 2.80. The Morgan fingerprint density at radius 2 is 1.70 bits per heavy atom. The third kappa shape index (κ3) is 4.41. The van der Waals surface area contributed by atoms with Crippen LogP contribution in [0.2, 0.25) is 0 Å². The summed E-state index contributed by atoms with van der Waals surface area (Å²) in [6.45, 7) is 0. The van der Waals surface area contributed by atoms with E-state index in [1.54, 1.807) is 30.3 Å². The maximum absolute atomic E-state index is 13.0. The molecule has 0 radical (unpaired) electrons. The molecule has 1 aromatic heterocycles. The Morgan fingerprint density at radius 3 is 2.33 bits per heavy atom. The molecule has 0 atom stereocenters. The fourth-order valence-corrected chi connectivity index (χ4v) is 3.14. The van der Waals surface area contributed by atoms with Crippen LogP contribution in [-0.4, -0.2) is 48.6 Å². The summed E-state index contributed by atoms with van der Waals surface area (Å²) in [5.74, 6) is 0.919. The predicted octanol–water partition coefficient (Wildman–Crippen LogP) is 3.85. The van der Waals surface area contributed by atoms with E-state index in [2.05, 4.69) is 15.3 Å². The first-order valence-corrected chi connectivity index (χ1v) is 10.0. The average molecular weight is 427 g/mol. The van der Waals surface area contributed by atoms with Crippen molar-refractivity contribution in [2.75, 3.05) is 32.9 Å². The van der Waals surface area contributed by atoms with Gasteiger partial charge in [0.15, 0.2) is 28.2 Å². The fraction of sp³-hybridized carbons (Fsp3) is 0.190. The van der Waals surface area contributed by atoms with Gasteiger partial charge in [0.05, 0.1) is 32.6 Å². The van der Waals surface area contributed by atoms with E-state index in [4.69, 9.17) is 14.2 Å². The molecule has 3 aromatic rings. The van der Waals surface area contributed by atoms with E-state index in [1.165, 1.54) is 45.4 Å². The molecule has 0 fully saturated rings. The number of hydrogen-bond acceptors (Lipinski definition) is 8. The molecule has 1 amide bonds. The number of amides is 1. The Hall–Kier alpha value is -3.46. The molecule has 156 valence electrons. The highest BCUT2D eigenvalue weighted by molar-refractivity contribution is 7.98. The molecule has 1 heterocycles. The van der Waals surface area contributed by atoms with Gasteiger partial charge < -0.3 is 24.6 Å². The molecule has 0 saturated carbocycles. The highest BCUT2D eigenvalue weighted by Gasteiger charge is 2.18. The number of carbonyl (C=O) groups excluding carboxylic acids is 1. The maximum atomic E-state index is 13.0. The van der Waals surface area contributed by atoms with Gasteiger partial charge in [-0.05, 0) is 36.6 Å². The van der Waals surface area contributed by atoms with Gasteiger partial charge in [-0.2, -0.15) is 0 Å². The molecule has 3 rings (SSSR count). The molecule has 0 unspecified atom stereocenters. The molecule has 0 aliphatic heterocycles. The Morgan fingerprint density at radius 1 is 1.00 bits per heavy atom. The molecule has 8 nitrogen and oxygen atoms in total. The van der Waals surface area contributed by atoms with Gasteiger partial charge in [0.2, 0.25) is 0 Å². The second kappa shape index (κ2) is 9.36. The topological polar surface area (TPSA) is 103 Å². The van der Waals surface area contributed by atoms with Crippen molar-refractivity contribution in [1.29, 1.82) is 0 Å². The van der Waals surface area contributed by atoms with Crippen LogP contribution in [0.3, 0.4) is 0 Å². The Labute approximate surface area is 178 Å². The third-order valence-electron chi connectivity index (χ3n) is 4.29. The van der Waals surface area contributed by atoms with Crippen molar-refractivity contribution < 1.29 is 24.1 Å². The lowest BCUT2D eigenvalue weighted by atomic mass is 10.1. The first kappa shape index (κ1) is 21.3. The van der Waals surface area contributed by atoms with Crippen molar-refractivity contribution in [3.63, 3.8) is 0 Å². The summed E-state index contributed by atoms with van der Waals surface area (Å²) < 4.78 is 15.6. The normalized spacial score (nSPS) is 10.4. The lowest BCUT2D eigenvalue weighted by Gasteiger charge is -2.13. The van der Waals surface area contributed by atoms with Crippen LogP contribution in [0.4, 0.5) is 5.69 Å². The molecule has 0 saturated heterocycles. The first-order chi connectivity index (χ1) is 14.5. The Balaban J connectivity index is 1.99. The molecule has 9 heteroatoms. The van der Waals surface area contributed by atoms with Crippen molar-refractivity contribution >= 4 is 23.4 Å². The molecule has 0 aliphatic rings. The SMILES string of the molecule is COc1ccc(-c2nc(SC)ncc2C(=O)Nc2ccc(OC)c(OC)c2)cc1O. The van der Waals surface area contributed by atoms with Crippen LogP contribution in [0.25, 0.3) is 11.3 Å². The summed E-state index contributed by atoms with van der Waals surface area (Å²) in [4.78, 5) is 21.7. The third-order valence-corrected chi connectivity index (χ3v) is 4.85. The number of anilines is 1. The van der Waals surface area contributed by atoms with Crippen LogP contribution in [0.15, 0.2) is 47.8 Å². The number of thioether (sulfide) groups is 1. The lowest BCUT2D eigenvalue weighted by molar-refractivity contribution is 0.102. The van der Waals surface area contributed by atoms with Crippen molar-refractivity contribution in [2.45, 2.75) is 5.16 Å². The van der Waals surface area contributed by atoms with E-state index in [9.17, 15) is 9.90 Å². The second-order valence-electron chi connectivity index (χ2n) is 6.03. The van der Waals surface area contributed by atoms with Gasteiger partial charge in [-0.15, -0.1) is 0 Å². The molecular formula is C21H21N3O5S. The summed E-state index contributed by atoms with van der Waals surface area (Å²) in [7, 11) is 4.53. The maximum Gasteiger partial charge on any atom is 0.259 e. The number of aromatic hydroxyl groups is 1. The molecule has 0 bridgehead atoms. The lowest BCUT2D eigenvalue weighted by Crippen LogP contribution is -2.15. The van der Waals surface area contributed by atoms with Crippen LogP contribution in [0.1, 0.15) is 10.4 Å². The van der Waals surface area contributed by atoms with E-state index < -0.39 is 5.91 Å². The molecular weight excluding hydrogens is 406 g/mol. The molecule has 30 heavy (non-hydrogen) atoms. The van der Waals surface area contributed by atoms with Crippen LogP contribution in [-0.2, 0) is 0 Å². The van der Waals surface area contributed by atoms with Gasteiger partial charge in [0.25, 0.3) is 5.91 Å². The number of nitrogens with zero attached hydrogens (tertiary/aromatic N) is 2. The summed E-state index contributed by atoms with van der Waals surface area (Å²) >= 11 is 1.35. The Bertz CT molecular complexity index is 1070. The highest BCUT2D eigenvalue weighted by atomic mass is 32.2. The van der Waals surface area contributed by atoms with Gasteiger partial charge in [-0.25, -0.2) is 9.97 Å². The zero-order valence-corrected chi connectivity index (χ0v) is 17.7. The molecule has 0 spiro atoms. The van der Waals surface area contributed by atoms with Gasteiger partial charge in [-0.3, -0.25) is 4.79 Å². The minimum absolute atomic E-state index is 0.0504. The number of phenolic OH excluding ortho intramolecular Hbond substituents is 1. The van der Waals surface area contributed by atoms with Crippen molar-refractivity contribution in [1.82, 2.24) is 9.97 Å². The van der Waals surface area contributed by atoms with Crippen molar-refractivity contribution in [3.05, 3.63) is 48.2 Å². The number of ether oxygens (including phenoxy) is 3. The van der Waals surface area contributed by atoms with Crippen molar-refractivity contribution in [3.8, 4) is 34.3 Å². The van der Waals surface area contributed by atoms with Gasteiger partial charge in [0, 0.05) is 23.5 Å². The highest BCUT2D eigenvalue weighted by Crippen LogP contribution is 2.33. The quantitative estimate of drug-likeness (QED) is 0.433. The second-order valence-corrected chi connectivity index (χ2v) is 6.80. The summed E-state index contributed by atoms with van der Waals surface area (Å²) in [6, 6.07) is 9.89. The smallest absolute Gasteiger partial charge is 0.259 e. The van der Waals surface area contributed by atoms with E-state index in [0.29, 0.717) is 39.3 Å². The minimum Gasteiger partial charge on any atom is -0.504 e. The number of carbonyl (C=O) groups is 1. The number of nitrogens with one attached hydrogen (secondary N) is 1. The molecule has 2 aromatic carbocycles. The van der Waals surface area contributed by atoms with E-state index >= 15 is 0 Å². The van der Waals surface area contributed by atoms with Crippen LogP contribution < -0.4 is 19.5 Å². The van der Waals surface area contributed by atoms with E-state index in [-0.39, 0.29) is 11.3 Å². The monoisotopic (exact) mass is 427 g/mol. The summed E-state index contributed by atoms with van der Waals surface area (Å²) in [5, 5.41) is 13.5. The van der Waals surface area contributed by atoms with Gasteiger partial charge in [-0.1, -0.05) is 11.8 Å². The van der Waals surface area contributed by atoms with Crippen molar-refractivity contribution in [2.24, 2.45) is 0 Å². The number of phenols is 1.